The number of aromatic hydroxyl groups is 1. The van der Waals surface area contributed by atoms with Crippen molar-refractivity contribution >= 4 is 28.4 Å². The summed E-state index contributed by atoms with van der Waals surface area (Å²) in [7, 11) is 0. The summed E-state index contributed by atoms with van der Waals surface area (Å²) in [6.45, 7) is 1.52. The highest BCUT2D eigenvalue weighted by atomic mass is 16.5. The fourth-order valence-electron chi connectivity index (χ4n) is 2.25. The number of para-hydroxylation sites is 1. The molecule has 0 atom stereocenters. The molecule has 1 aliphatic heterocycles. The number of H-pyrrole nitrogens is 1. The van der Waals surface area contributed by atoms with Crippen LogP contribution in [0.3, 0.4) is 0 Å². The van der Waals surface area contributed by atoms with Gasteiger partial charge in [-0.3, -0.25) is 9.59 Å². The zero-order valence-electron chi connectivity index (χ0n) is 11.7. The Morgan fingerprint density at radius 3 is 2.73 bits per heavy atom. The number of carbonyl (C=O) groups excluding carboxylic acids is 2. The zero-order valence-corrected chi connectivity index (χ0v) is 11.7. The molecule has 1 aliphatic rings. The average Bonchev–Trinajstić information content (AvgIpc) is 2.88. The van der Waals surface area contributed by atoms with E-state index in [1.54, 1.807) is 24.3 Å². The number of fused-ring (bicyclic) bond motifs is 1. The second-order valence-electron chi connectivity index (χ2n) is 4.78. The molecule has 8 heteroatoms. The summed E-state index contributed by atoms with van der Waals surface area (Å²) in [5.41, 5.74) is 0.805. The molecule has 2 amide bonds. The molecule has 0 radical (unpaired) electrons. The number of azo groups is 1. The van der Waals surface area contributed by atoms with E-state index in [0.717, 1.165) is 0 Å². The van der Waals surface area contributed by atoms with Crippen molar-refractivity contribution < 1.29 is 19.4 Å². The summed E-state index contributed by atoms with van der Waals surface area (Å²) >= 11 is 0. The monoisotopic (exact) mass is 302 g/mol. The summed E-state index contributed by atoms with van der Waals surface area (Å²) < 4.78 is 5.12. The lowest BCUT2D eigenvalue weighted by atomic mass is 10.2. The van der Waals surface area contributed by atoms with Crippen LogP contribution in [0.5, 0.6) is 5.88 Å². The van der Waals surface area contributed by atoms with Crippen molar-refractivity contribution in [2.75, 3.05) is 26.3 Å². The minimum absolute atomic E-state index is 0.138. The lowest BCUT2D eigenvalue weighted by Gasteiger charge is -2.25. The van der Waals surface area contributed by atoms with Crippen LogP contribution < -0.4 is 0 Å². The molecular formula is C14H14N4O4. The summed E-state index contributed by atoms with van der Waals surface area (Å²) in [4.78, 5) is 27.8. The summed E-state index contributed by atoms with van der Waals surface area (Å²) in [5, 5.41) is 17.6. The van der Waals surface area contributed by atoms with Crippen LogP contribution in [0.25, 0.3) is 10.9 Å². The van der Waals surface area contributed by atoms with Crippen molar-refractivity contribution in [3.8, 4) is 5.88 Å². The molecule has 2 aromatic rings. The first-order chi connectivity index (χ1) is 10.7. The topological polar surface area (TPSA) is 107 Å². The highest BCUT2D eigenvalue weighted by Gasteiger charge is 2.23. The molecule has 0 bridgehead atoms. The van der Waals surface area contributed by atoms with E-state index in [-0.39, 0.29) is 11.6 Å². The lowest BCUT2D eigenvalue weighted by Crippen LogP contribution is -2.43. The normalized spacial score (nSPS) is 15.5. The van der Waals surface area contributed by atoms with Crippen LogP contribution in [-0.2, 0) is 14.3 Å². The first kappa shape index (κ1) is 14.2. The lowest BCUT2D eigenvalue weighted by molar-refractivity contribution is -0.146. The standard InChI is InChI=1S/C14H14N4O4/c19-12-11(9-3-1-2-4-10(9)15-12)16-17-13(20)14(21)18-5-7-22-8-6-18/h1-4,15,19H,5-8H2. The van der Waals surface area contributed by atoms with Crippen molar-refractivity contribution in [3.63, 3.8) is 0 Å². The van der Waals surface area contributed by atoms with E-state index in [2.05, 4.69) is 15.2 Å². The van der Waals surface area contributed by atoms with Crippen molar-refractivity contribution in [2.24, 2.45) is 10.2 Å². The number of carbonyl (C=O) groups is 2. The van der Waals surface area contributed by atoms with Gasteiger partial charge in [0.05, 0.1) is 18.7 Å². The molecule has 3 rings (SSSR count). The van der Waals surface area contributed by atoms with Crippen LogP contribution in [-0.4, -0.2) is 53.1 Å². The van der Waals surface area contributed by atoms with Crippen LogP contribution in [0, 0.1) is 0 Å². The number of hydrogen-bond acceptors (Lipinski definition) is 5. The second-order valence-corrected chi connectivity index (χ2v) is 4.78. The fourth-order valence-corrected chi connectivity index (χ4v) is 2.25. The van der Waals surface area contributed by atoms with Crippen molar-refractivity contribution in [1.29, 1.82) is 0 Å². The van der Waals surface area contributed by atoms with Gasteiger partial charge >= 0.3 is 11.8 Å². The molecule has 0 unspecified atom stereocenters. The number of amides is 2. The second kappa shape index (κ2) is 5.94. The summed E-state index contributed by atoms with van der Waals surface area (Å²) in [5.74, 6) is -1.88. The first-order valence-electron chi connectivity index (χ1n) is 6.79. The predicted molar refractivity (Wildman–Crippen MR) is 76.9 cm³/mol. The number of benzene rings is 1. The Balaban J connectivity index is 1.79. The molecule has 2 heterocycles. The quantitative estimate of drug-likeness (QED) is 0.612. The molecule has 2 N–H and O–H groups in total. The molecule has 0 saturated carbocycles. The third kappa shape index (κ3) is 2.68. The Kier molecular flexibility index (Phi) is 3.84. The van der Waals surface area contributed by atoms with E-state index in [1.807, 2.05) is 0 Å². The fraction of sp³-hybridized carbons (Fsp3) is 0.286. The molecule has 8 nitrogen and oxygen atoms in total. The van der Waals surface area contributed by atoms with Crippen LogP contribution in [0.4, 0.5) is 5.69 Å². The van der Waals surface area contributed by atoms with Gasteiger partial charge in [-0.2, -0.15) is 0 Å². The SMILES string of the molecule is O=C(N=Nc1c(O)[nH]c2ccccc12)C(=O)N1CCOCC1. The Morgan fingerprint density at radius 2 is 1.95 bits per heavy atom. The van der Waals surface area contributed by atoms with Gasteiger partial charge in [0, 0.05) is 18.5 Å². The molecule has 1 aromatic heterocycles. The van der Waals surface area contributed by atoms with E-state index < -0.39 is 11.8 Å². The summed E-state index contributed by atoms with van der Waals surface area (Å²) in [6.07, 6.45) is 0. The number of aromatic amines is 1. The molecule has 1 fully saturated rings. The third-order valence-corrected chi connectivity index (χ3v) is 3.38. The van der Waals surface area contributed by atoms with E-state index in [4.69, 9.17) is 4.74 Å². The third-order valence-electron chi connectivity index (χ3n) is 3.38. The maximum atomic E-state index is 11.9. The van der Waals surface area contributed by atoms with Gasteiger partial charge in [0.15, 0.2) is 5.69 Å². The Morgan fingerprint density at radius 1 is 1.23 bits per heavy atom. The number of morpholine rings is 1. The van der Waals surface area contributed by atoms with Gasteiger partial charge in [-0.05, 0) is 6.07 Å². The van der Waals surface area contributed by atoms with Gasteiger partial charge in [0.2, 0.25) is 5.88 Å². The van der Waals surface area contributed by atoms with Gasteiger partial charge in [-0.1, -0.05) is 18.2 Å². The molecule has 0 aliphatic carbocycles. The van der Waals surface area contributed by atoms with Gasteiger partial charge < -0.3 is 19.7 Å². The van der Waals surface area contributed by atoms with E-state index in [0.29, 0.717) is 37.2 Å². The van der Waals surface area contributed by atoms with Gasteiger partial charge in [-0.15, -0.1) is 10.2 Å². The van der Waals surface area contributed by atoms with Gasteiger partial charge in [0.1, 0.15) is 0 Å². The largest absolute Gasteiger partial charge is 0.493 e. The molecule has 1 aromatic carbocycles. The predicted octanol–water partition coefficient (Wildman–Crippen LogP) is 1.34. The number of ether oxygens (including phenoxy) is 1. The Bertz CT molecular complexity index is 746. The van der Waals surface area contributed by atoms with Crippen molar-refractivity contribution in [2.45, 2.75) is 0 Å². The van der Waals surface area contributed by atoms with Crippen LogP contribution >= 0.6 is 0 Å². The van der Waals surface area contributed by atoms with Crippen molar-refractivity contribution in [1.82, 2.24) is 9.88 Å². The Labute approximate surface area is 125 Å². The summed E-state index contributed by atoms with van der Waals surface area (Å²) in [6, 6.07) is 7.06. The van der Waals surface area contributed by atoms with E-state index >= 15 is 0 Å². The average molecular weight is 302 g/mol. The molecule has 114 valence electrons. The number of rotatable bonds is 1. The highest BCUT2D eigenvalue weighted by molar-refractivity contribution is 6.35. The minimum Gasteiger partial charge on any atom is -0.493 e. The van der Waals surface area contributed by atoms with Crippen LogP contribution in [0.2, 0.25) is 0 Å². The van der Waals surface area contributed by atoms with Crippen LogP contribution in [0.1, 0.15) is 0 Å². The van der Waals surface area contributed by atoms with Crippen molar-refractivity contribution in [3.05, 3.63) is 24.3 Å². The molecule has 22 heavy (non-hydrogen) atoms. The van der Waals surface area contributed by atoms with Gasteiger partial charge in [0.25, 0.3) is 0 Å². The highest BCUT2D eigenvalue weighted by Crippen LogP contribution is 2.35. The minimum atomic E-state index is -0.966. The maximum absolute atomic E-state index is 11.9. The van der Waals surface area contributed by atoms with E-state index in [1.165, 1.54) is 4.90 Å². The number of nitrogens with zero attached hydrogens (tertiary/aromatic N) is 3. The molecule has 0 spiro atoms. The molecule has 1 saturated heterocycles. The smallest absolute Gasteiger partial charge is 0.353 e. The molecular weight excluding hydrogens is 288 g/mol. The number of aromatic nitrogens is 1. The Hall–Kier alpha value is -2.74. The van der Waals surface area contributed by atoms with Gasteiger partial charge in [-0.25, -0.2) is 0 Å². The first-order valence-corrected chi connectivity index (χ1v) is 6.79. The van der Waals surface area contributed by atoms with E-state index in [9.17, 15) is 14.7 Å². The maximum Gasteiger partial charge on any atom is 0.353 e. The van der Waals surface area contributed by atoms with Crippen LogP contribution in [0.15, 0.2) is 34.5 Å². The number of nitrogens with one attached hydrogen (secondary N) is 1. The zero-order chi connectivity index (χ0) is 15.5. The number of hydrogen-bond donors (Lipinski definition) is 2.